The summed E-state index contributed by atoms with van der Waals surface area (Å²) < 4.78 is 38.5. The van der Waals surface area contributed by atoms with Gasteiger partial charge in [-0.1, -0.05) is 37.4 Å². The predicted octanol–water partition coefficient (Wildman–Crippen LogP) is 6.83. The molecule has 4 aliphatic rings. The van der Waals surface area contributed by atoms with Crippen molar-refractivity contribution in [3.05, 3.63) is 52.0 Å². The van der Waals surface area contributed by atoms with Gasteiger partial charge in [0.2, 0.25) is 0 Å². The first-order chi connectivity index (χ1) is 22.4. The van der Waals surface area contributed by atoms with E-state index in [-0.39, 0.29) is 50.6 Å². The zero-order chi connectivity index (χ0) is 32.2. The fourth-order valence-electron chi connectivity index (χ4n) is 8.12. The van der Waals surface area contributed by atoms with Crippen LogP contribution in [0.2, 0.25) is 5.02 Å². The number of halogens is 3. The van der Waals surface area contributed by atoms with E-state index >= 15 is 4.39 Å². The number of hydrogen-bond acceptors (Lipinski definition) is 7. The van der Waals surface area contributed by atoms with Crippen LogP contribution in [0.15, 0.2) is 24.3 Å². The van der Waals surface area contributed by atoms with Gasteiger partial charge < -0.3 is 20.1 Å². The highest BCUT2D eigenvalue weighted by molar-refractivity contribution is 6.36. The number of rotatable bonds is 4. The van der Waals surface area contributed by atoms with Crippen LogP contribution in [0.25, 0.3) is 32.8 Å². The molecular weight excluding hydrogens is 608 g/mol. The van der Waals surface area contributed by atoms with Gasteiger partial charge in [-0.3, -0.25) is 4.90 Å². The number of piperazine rings is 1. The Morgan fingerprint density at radius 1 is 1.13 bits per heavy atom. The quantitative estimate of drug-likeness (QED) is 0.236. The van der Waals surface area contributed by atoms with Gasteiger partial charge in [-0.25, -0.2) is 8.78 Å². The van der Waals surface area contributed by atoms with Crippen LogP contribution in [0.4, 0.5) is 14.6 Å². The minimum Gasteiger partial charge on any atom is -0.508 e. The molecule has 10 heteroatoms. The molecule has 7 nitrogen and oxygen atoms in total. The van der Waals surface area contributed by atoms with Gasteiger partial charge in [0.05, 0.1) is 21.5 Å². The lowest BCUT2D eigenvalue weighted by molar-refractivity contribution is 0.108. The Bertz CT molecular complexity index is 1880. The van der Waals surface area contributed by atoms with E-state index in [4.69, 9.17) is 32.7 Å². The molecule has 0 saturated carbocycles. The standard InChI is InChI=1S/C34H32ClF2N5O2.C2H6/c1-2-22-25(36)8-5-19-15-21(43)16-24(26(19)22)27-29(35)23-7-6-20-17-38-11-14-42(20)32-28(23)31(30(27)37)39-33(40-32)44-18-34-9-3-12-41(34)13-4-10-34;1-2/h1,5,8,15-16,20,38,43H,3-4,6-7,9-14,17-18H2;1-2H3. The lowest BCUT2D eigenvalue weighted by atomic mass is 9.90. The number of fused-ring (bicyclic) bond motifs is 4. The summed E-state index contributed by atoms with van der Waals surface area (Å²) in [5, 5.41) is 15.7. The smallest absolute Gasteiger partial charge is 0.319 e. The second kappa shape index (κ2) is 12.1. The number of phenols is 1. The summed E-state index contributed by atoms with van der Waals surface area (Å²) >= 11 is 7.15. The molecule has 0 amide bonds. The number of hydrogen-bond donors (Lipinski definition) is 2. The molecule has 2 N–H and O–H groups in total. The zero-order valence-electron chi connectivity index (χ0n) is 26.2. The number of aromatic hydroxyl groups is 1. The molecule has 1 unspecified atom stereocenters. The summed E-state index contributed by atoms with van der Waals surface area (Å²) in [7, 11) is 0. The van der Waals surface area contributed by atoms with E-state index in [2.05, 4.69) is 21.0 Å². The molecule has 4 aromatic rings. The molecule has 3 aromatic carbocycles. The van der Waals surface area contributed by atoms with Crippen molar-refractivity contribution in [2.75, 3.05) is 44.2 Å². The summed E-state index contributed by atoms with van der Waals surface area (Å²) in [6, 6.07) is 5.90. The Balaban J connectivity index is 0.00000166. The molecule has 240 valence electrons. The number of benzene rings is 3. The van der Waals surface area contributed by atoms with E-state index < -0.39 is 11.6 Å². The second-order valence-electron chi connectivity index (χ2n) is 12.5. The summed E-state index contributed by atoms with van der Waals surface area (Å²) in [4.78, 5) is 14.4. The van der Waals surface area contributed by atoms with Crippen molar-refractivity contribution < 1.29 is 18.6 Å². The van der Waals surface area contributed by atoms with Crippen LogP contribution in [-0.4, -0.2) is 70.9 Å². The number of anilines is 1. The minimum absolute atomic E-state index is 0.0218. The second-order valence-corrected chi connectivity index (χ2v) is 12.9. The Morgan fingerprint density at radius 2 is 1.91 bits per heavy atom. The SMILES string of the molecule is C#Cc1c(F)ccc2cc(O)cc(-c3c(Cl)c4c5c(nc(OCC67CCCN6CCC7)nc5c3F)N3CCNCC3CC4)c12.CC. The Labute approximate surface area is 272 Å². The number of ether oxygens (including phenoxy) is 1. The van der Waals surface area contributed by atoms with Gasteiger partial charge in [0, 0.05) is 36.6 Å². The molecule has 0 bridgehead atoms. The van der Waals surface area contributed by atoms with Gasteiger partial charge in [-0.2, -0.15) is 9.97 Å². The Morgan fingerprint density at radius 3 is 2.67 bits per heavy atom. The summed E-state index contributed by atoms with van der Waals surface area (Å²) in [6.45, 7) is 8.82. The molecular formula is C36H38ClF2N5O2. The Hall–Kier alpha value is -3.71. The molecule has 5 heterocycles. The normalized spacial score (nSPS) is 20.1. The van der Waals surface area contributed by atoms with Crippen LogP contribution >= 0.6 is 11.6 Å². The van der Waals surface area contributed by atoms with Crippen molar-refractivity contribution in [2.24, 2.45) is 0 Å². The van der Waals surface area contributed by atoms with E-state index in [1.807, 2.05) is 13.8 Å². The van der Waals surface area contributed by atoms with Gasteiger partial charge >= 0.3 is 6.01 Å². The van der Waals surface area contributed by atoms with Gasteiger partial charge in [-0.15, -0.1) is 6.42 Å². The van der Waals surface area contributed by atoms with Crippen LogP contribution in [0, 0.1) is 24.0 Å². The lowest BCUT2D eigenvalue weighted by Crippen LogP contribution is -2.51. The van der Waals surface area contributed by atoms with Crippen molar-refractivity contribution in [1.29, 1.82) is 0 Å². The van der Waals surface area contributed by atoms with E-state index in [0.717, 1.165) is 63.8 Å². The number of aromatic nitrogens is 2. The van der Waals surface area contributed by atoms with Crippen LogP contribution in [-0.2, 0) is 6.42 Å². The number of terminal acetylenes is 1. The number of nitrogens with one attached hydrogen (secondary N) is 1. The highest BCUT2D eigenvalue weighted by atomic mass is 35.5. The molecule has 0 aliphatic carbocycles. The van der Waals surface area contributed by atoms with Crippen LogP contribution in [0.1, 0.15) is 57.1 Å². The maximum Gasteiger partial charge on any atom is 0.319 e. The third-order valence-corrected chi connectivity index (χ3v) is 10.6. The minimum atomic E-state index is -0.684. The first-order valence-electron chi connectivity index (χ1n) is 16.4. The van der Waals surface area contributed by atoms with Gasteiger partial charge in [-0.05, 0) is 86.3 Å². The van der Waals surface area contributed by atoms with E-state index in [9.17, 15) is 9.50 Å². The first-order valence-corrected chi connectivity index (χ1v) is 16.8. The first kappa shape index (κ1) is 30.9. The van der Waals surface area contributed by atoms with Crippen molar-refractivity contribution in [3.63, 3.8) is 0 Å². The fourth-order valence-corrected chi connectivity index (χ4v) is 8.49. The number of aryl methyl sites for hydroxylation is 1. The maximum atomic E-state index is 17.1. The third kappa shape index (κ3) is 4.85. The van der Waals surface area contributed by atoms with Crippen molar-refractivity contribution in [1.82, 2.24) is 20.2 Å². The van der Waals surface area contributed by atoms with Crippen molar-refractivity contribution in [3.8, 4) is 35.2 Å². The fraction of sp³-hybridized carbons (Fsp3) is 0.444. The molecule has 1 aromatic heterocycles. The largest absolute Gasteiger partial charge is 0.508 e. The monoisotopic (exact) mass is 645 g/mol. The average molecular weight is 646 g/mol. The summed E-state index contributed by atoms with van der Waals surface area (Å²) in [6.07, 6.45) is 11.5. The number of nitrogens with zero attached hydrogens (tertiary/aromatic N) is 4. The molecule has 8 rings (SSSR count). The molecule has 4 aliphatic heterocycles. The lowest BCUT2D eigenvalue weighted by Gasteiger charge is -2.36. The van der Waals surface area contributed by atoms with E-state index in [1.54, 1.807) is 0 Å². The van der Waals surface area contributed by atoms with Crippen molar-refractivity contribution in [2.45, 2.75) is 64.0 Å². The molecule has 0 radical (unpaired) electrons. The predicted molar refractivity (Wildman–Crippen MR) is 179 cm³/mol. The zero-order valence-corrected chi connectivity index (χ0v) is 27.0. The topological polar surface area (TPSA) is 73.8 Å². The van der Waals surface area contributed by atoms with Crippen LogP contribution < -0.4 is 15.0 Å². The average Bonchev–Trinajstić information content (AvgIpc) is 3.60. The molecule has 3 saturated heterocycles. The highest BCUT2D eigenvalue weighted by Gasteiger charge is 2.45. The van der Waals surface area contributed by atoms with E-state index in [1.165, 1.54) is 24.3 Å². The van der Waals surface area contributed by atoms with Gasteiger partial charge in [0.15, 0.2) is 5.82 Å². The maximum absolute atomic E-state index is 17.1. The molecule has 46 heavy (non-hydrogen) atoms. The third-order valence-electron chi connectivity index (χ3n) is 10.2. The van der Waals surface area contributed by atoms with E-state index in [0.29, 0.717) is 41.5 Å². The summed E-state index contributed by atoms with van der Waals surface area (Å²) in [5.74, 6) is 1.64. The Kier molecular flexibility index (Phi) is 8.16. The van der Waals surface area contributed by atoms with Crippen LogP contribution in [0.5, 0.6) is 11.8 Å². The molecule has 3 fully saturated rings. The number of phenolic OH excluding ortho intramolecular Hbond substituents is 1. The highest BCUT2D eigenvalue weighted by Crippen LogP contribution is 2.48. The molecule has 1 atom stereocenters. The summed E-state index contributed by atoms with van der Waals surface area (Å²) in [5.41, 5.74) is 1.01. The molecule has 0 spiro atoms. The van der Waals surface area contributed by atoms with Gasteiger partial charge in [0.25, 0.3) is 0 Å². The van der Waals surface area contributed by atoms with Crippen LogP contribution in [0.3, 0.4) is 0 Å². The van der Waals surface area contributed by atoms with Crippen molar-refractivity contribution >= 4 is 39.1 Å². The van der Waals surface area contributed by atoms with Gasteiger partial charge in [0.1, 0.15) is 29.5 Å².